The summed E-state index contributed by atoms with van der Waals surface area (Å²) in [6.45, 7) is 5.92. The van der Waals surface area contributed by atoms with Gasteiger partial charge in [-0.05, 0) is 12.0 Å². The van der Waals surface area contributed by atoms with Gasteiger partial charge in [-0.3, -0.25) is 9.69 Å². The monoisotopic (exact) mass is 339 g/mol. The number of benzene rings is 1. The second-order valence-corrected chi connectivity index (χ2v) is 6.04. The number of halogens is 1. The molecular weight excluding hydrogens is 314 g/mol. The molecule has 0 spiro atoms. The van der Waals surface area contributed by atoms with Gasteiger partial charge in [0, 0.05) is 52.4 Å². The quantitative estimate of drug-likeness (QED) is 0.898. The number of carbonyl (C=O) groups excluding carboxylic acids is 1. The number of amides is 1. The number of piperazine rings is 1. The van der Waals surface area contributed by atoms with E-state index in [4.69, 9.17) is 4.74 Å². The predicted molar refractivity (Wildman–Crippen MR) is 92.9 cm³/mol. The lowest BCUT2D eigenvalue weighted by Gasteiger charge is -2.32. The molecule has 0 saturated carbocycles. The molecule has 2 aliphatic rings. The standard InChI is InChI=1S/C17H25N3O2.ClH/c1-22-16(14-5-3-2-4-6-14)17(21)20-10-7-15(13-20)19-11-8-18-9-12-19;/h2-6,15-16,18H,7-13H2,1H3;1H. The van der Waals surface area contributed by atoms with Crippen LogP contribution in [0.3, 0.4) is 0 Å². The third-order valence-corrected chi connectivity index (χ3v) is 4.71. The highest BCUT2D eigenvalue weighted by molar-refractivity contribution is 5.85. The highest BCUT2D eigenvalue weighted by Crippen LogP contribution is 2.23. The summed E-state index contributed by atoms with van der Waals surface area (Å²) in [7, 11) is 1.61. The van der Waals surface area contributed by atoms with Crippen molar-refractivity contribution in [1.29, 1.82) is 0 Å². The molecule has 0 radical (unpaired) electrons. The Labute approximate surface area is 144 Å². The van der Waals surface area contributed by atoms with E-state index >= 15 is 0 Å². The Kier molecular flexibility index (Phi) is 6.84. The van der Waals surface area contributed by atoms with Crippen molar-refractivity contribution < 1.29 is 9.53 Å². The molecule has 3 rings (SSSR count). The zero-order valence-corrected chi connectivity index (χ0v) is 14.4. The van der Waals surface area contributed by atoms with E-state index in [0.717, 1.165) is 51.3 Å². The Balaban J connectivity index is 0.00000192. The number of likely N-dealkylation sites (tertiary alicyclic amines) is 1. The van der Waals surface area contributed by atoms with Crippen LogP contribution in [0.1, 0.15) is 18.1 Å². The third-order valence-electron chi connectivity index (χ3n) is 4.71. The molecule has 0 aromatic heterocycles. The summed E-state index contributed by atoms with van der Waals surface area (Å²) in [5.41, 5.74) is 0.931. The Bertz CT molecular complexity index is 494. The van der Waals surface area contributed by atoms with Gasteiger partial charge in [-0.1, -0.05) is 30.3 Å². The molecule has 5 nitrogen and oxygen atoms in total. The average molecular weight is 340 g/mol. The van der Waals surface area contributed by atoms with Gasteiger partial charge in [-0.2, -0.15) is 0 Å². The summed E-state index contributed by atoms with van der Waals surface area (Å²) < 4.78 is 5.48. The number of nitrogens with zero attached hydrogens (tertiary/aromatic N) is 2. The van der Waals surface area contributed by atoms with Crippen LogP contribution < -0.4 is 5.32 Å². The molecule has 2 unspecified atom stereocenters. The number of hydrogen-bond donors (Lipinski definition) is 1. The smallest absolute Gasteiger partial charge is 0.256 e. The number of carbonyl (C=O) groups is 1. The summed E-state index contributed by atoms with van der Waals surface area (Å²) in [5.74, 6) is 0.0892. The maximum Gasteiger partial charge on any atom is 0.256 e. The highest BCUT2D eigenvalue weighted by Gasteiger charge is 2.34. The first-order chi connectivity index (χ1) is 10.8. The number of ether oxygens (including phenoxy) is 1. The van der Waals surface area contributed by atoms with Gasteiger partial charge in [0.1, 0.15) is 0 Å². The lowest BCUT2D eigenvalue weighted by molar-refractivity contribution is -0.141. The Morgan fingerprint density at radius 3 is 2.57 bits per heavy atom. The fraction of sp³-hybridized carbons (Fsp3) is 0.588. The van der Waals surface area contributed by atoms with E-state index in [1.165, 1.54) is 0 Å². The lowest BCUT2D eigenvalue weighted by Crippen LogP contribution is -2.49. The highest BCUT2D eigenvalue weighted by atomic mass is 35.5. The maximum absolute atomic E-state index is 12.8. The van der Waals surface area contributed by atoms with E-state index in [1.54, 1.807) is 7.11 Å². The van der Waals surface area contributed by atoms with Crippen molar-refractivity contribution in [2.45, 2.75) is 18.6 Å². The summed E-state index contributed by atoms with van der Waals surface area (Å²) in [5, 5.41) is 3.38. The van der Waals surface area contributed by atoms with E-state index < -0.39 is 6.10 Å². The Morgan fingerprint density at radius 1 is 1.22 bits per heavy atom. The molecular formula is C17H26ClN3O2. The van der Waals surface area contributed by atoms with Gasteiger partial charge in [0.25, 0.3) is 5.91 Å². The summed E-state index contributed by atoms with van der Waals surface area (Å²) in [4.78, 5) is 17.2. The predicted octanol–water partition coefficient (Wildman–Crippen LogP) is 1.30. The normalized spacial score (nSPS) is 23.3. The molecule has 1 aromatic rings. The van der Waals surface area contributed by atoms with Gasteiger partial charge >= 0.3 is 0 Å². The molecule has 6 heteroatoms. The second-order valence-electron chi connectivity index (χ2n) is 6.04. The van der Waals surface area contributed by atoms with Crippen LogP contribution in [0.2, 0.25) is 0 Å². The zero-order valence-electron chi connectivity index (χ0n) is 13.6. The van der Waals surface area contributed by atoms with Crippen LogP contribution in [-0.4, -0.2) is 68.1 Å². The van der Waals surface area contributed by atoms with E-state index in [1.807, 2.05) is 35.2 Å². The summed E-state index contributed by atoms with van der Waals surface area (Å²) >= 11 is 0. The first-order valence-electron chi connectivity index (χ1n) is 8.11. The lowest BCUT2D eigenvalue weighted by atomic mass is 10.1. The maximum atomic E-state index is 12.8. The van der Waals surface area contributed by atoms with Crippen molar-refractivity contribution in [3.05, 3.63) is 35.9 Å². The average Bonchev–Trinajstić information content (AvgIpc) is 3.07. The SMILES string of the molecule is COC(C(=O)N1CCC(N2CCNCC2)C1)c1ccccc1.Cl. The van der Waals surface area contributed by atoms with E-state index in [2.05, 4.69) is 10.2 Å². The molecule has 2 saturated heterocycles. The van der Waals surface area contributed by atoms with Crippen LogP contribution in [-0.2, 0) is 9.53 Å². The van der Waals surface area contributed by atoms with Crippen molar-refractivity contribution in [3.63, 3.8) is 0 Å². The molecule has 2 aliphatic heterocycles. The van der Waals surface area contributed by atoms with Crippen molar-refractivity contribution in [3.8, 4) is 0 Å². The summed E-state index contributed by atoms with van der Waals surface area (Å²) in [6.07, 6.45) is 0.583. The van der Waals surface area contributed by atoms with Crippen LogP contribution in [0.5, 0.6) is 0 Å². The van der Waals surface area contributed by atoms with E-state index in [0.29, 0.717) is 6.04 Å². The minimum absolute atomic E-state index is 0. The number of hydrogen-bond acceptors (Lipinski definition) is 4. The Hall–Kier alpha value is -1.14. The summed E-state index contributed by atoms with van der Waals surface area (Å²) in [6, 6.07) is 10.3. The van der Waals surface area contributed by atoms with Crippen LogP contribution >= 0.6 is 12.4 Å². The molecule has 2 heterocycles. The van der Waals surface area contributed by atoms with Crippen LogP contribution in [0, 0.1) is 0 Å². The van der Waals surface area contributed by atoms with Crippen molar-refractivity contribution in [2.75, 3.05) is 46.4 Å². The van der Waals surface area contributed by atoms with Crippen molar-refractivity contribution in [1.82, 2.24) is 15.1 Å². The van der Waals surface area contributed by atoms with Gasteiger partial charge in [0.15, 0.2) is 6.10 Å². The van der Waals surface area contributed by atoms with E-state index in [-0.39, 0.29) is 18.3 Å². The van der Waals surface area contributed by atoms with Gasteiger partial charge in [-0.25, -0.2) is 0 Å². The second kappa shape index (κ2) is 8.64. The van der Waals surface area contributed by atoms with Crippen LogP contribution in [0.15, 0.2) is 30.3 Å². The van der Waals surface area contributed by atoms with Gasteiger partial charge < -0.3 is 15.0 Å². The van der Waals surface area contributed by atoms with Crippen LogP contribution in [0.25, 0.3) is 0 Å². The molecule has 1 N–H and O–H groups in total. The van der Waals surface area contributed by atoms with Crippen molar-refractivity contribution >= 4 is 18.3 Å². The third kappa shape index (κ3) is 4.23. The molecule has 23 heavy (non-hydrogen) atoms. The molecule has 1 aromatic carbocycles. The molecule has 2 fully saturated rings. The number of nitrogens with one attached hydrogen (secondary N) is 1. The fourth-order valence-electron chi connectivity index (χ4n) is 3.46. The molecule has 2 atom stereocenters. The van der Waals surface area contributed by atoms with Crippen LogP contribution in [0.4, 0.5) is 0 Å². The van der Waals surface area contributed by atoms with Gasteiger partial charge in [0.05, 0.1) is 0 Å². The van der Waals surface area contributed by atoms with Gasteiger partial charge in [-0.15, -0.1) is 12.4 Å². The fourth-order valence-corrected chi connectivity index (χ4v) is 3.46. The van der Waals surface area contributed by atoms with Crippen molar-refractivity contribution in [2.24, 2.45) is 0 Å². The minimum Gasteiger partial charge on any atom is -0.367 e. The number of methoxy groups -OCH3 is 1. The van der Waals surface area contributed by atoms with E-state index in [9.17, 15) is 4.79 Å². The largest absolute Gasteiger partial charge is 0.367 e. The topological polar surface area (TPSA) is 44.8 Å². The number of rotatable bonds is 4. The molecule has 0 aliphatic carbocycles. The zero-order chi connectivity index (χ0) is 15.4. The Morgan fingerprint density at radius 2 is 1.91 bits per heavy atom. The minimum atomic E-state index is -0.483. The first-order valence-corrected chi connectivity index (χ1v) is 8.11. The molecule has 128 valence electrons. The van der Waals surface area contributed by atoms with Gasteiger partial charge in [0.2, 0.25) is 0 Å². The molecule has 1 amide bonds. The first kappa shape index (κ1) is 18.2. The molecule has 0 bridgehead atoms.